The van der Waals surface area contributed by atoms with E-state index in [4.69, 9.17) is 0 Å². The average molecular weight is 393 g/mol. The van der Waals surface area contributed by atoms with Gasteiger partial charge in [-0.05, 0) is 24.3 Å². The first-order valence-corrected chi connectivity index (χ1v) is 8.74. The minimum atomic E-state index is -4.58. The van der Waals surface area contributed by atoms with Crippen molar-refractivity contribution in [1.82, 2.24) is 9.88 Å². The Labute approximate surface area is 161 Å². The molecule has 0 saturated heterocycles. The van der Waals surface area contributed by atoms with Gasteiger partial charge in [-0.1, -0.05) is 26.8 Å². The maximum atomic E-state index is 12.8. The monoisotopic (exact) mass is 393 g/mol. The summed E-state index contributed by atoms with van der Waals surface area (Å²) in [5.74, 6) is -0.773. The van der Waals surface area contributed by atoms with Crippen LogP contribution in [0.3, 0.4) is 0 Å². The maximum absolute atomic E-state index is 12.8. The maximum Gasteiger partial charge on any atom is 0.417 e. The van der Waals surface area contributed by atoms with Gasteiger partial charge in [0.1, 0.15) is 6.07 Å². The molecule has 0 fully saturated rings. The molecule has 1 amide bonds. The van der Waals surface area contributed by atoms with Crippen LogP contribution in [0.15, 0.2) is 30.1 Å². The largest absolute Gasteiger partial charge is 0.417 e. The number of nitrogens with zero attached hydrogens (tertiary/aromatic N) is 3. The fourth-order valence-electron chi connectivity index (χ4n) is 3.62. The zero-order chi connectivity index (χ0) is 21.3. The minimum Gasteiger partial charge on any atom is -0.342 e. The van der Waals surface area contributed by atoms with Crippen molar-refractivity contribution in [2.75, 3.05) is 13.6 Å². The van der Waals surface area contributed by atoms with E-state index >= 15 is 0 Å². The molecule has 150 valence electrons. The molecule has 0 unspecified atom stereocenters. The van der Waals surface area contributed by atoms with E-state index in [-0.39, 0.29) is 23.5 Å². The van der Waals surface area contributed by atoms with Crippen LogP contribution in [0.4, 0.5) is 13.2 Å². The van der Waals surface area contributed by atoms with E-state index in [2.05, 4.69) is 4.98 Å². The highest BCUT2D eigenvalue weighted by Crippen LogP contribution is 2.44. The van der Waals surface area contributed by atoms with Gasteiger partial charge in [0, 0.05) is 31.4 Å². The molecule has 0 bridgehead atoms. The van der Waals surface area contributed by atoms with Gasteiger partial charge >= 0.3 is 6.18 Å². The number of allylic oxidation sites excluding steroid dienone is 2. The number of carbonyl (C=O) groups excluding carboxylic acids is 2. The van der Waals surface area contributed by atoms with Gasteiger partial charge in [-0.3, -0.25) is 14.6 Å². The van der Waals surface area contributed by atoms with E-state index in [1.807, 2.05) is 13.0 Å². The van der Waals surface area contributed by atoms with Gasteiger partial charge in [0.05, 0.1) is 16.7 Å². The summed E-state index contributed by atoms with van der Waals surface area (Å²) in [6.07, 6.45) is -0.182. The highest BCUT2D eigenvalue weighted by atomic mass is 19.4. The molecule has 28 heavy (non-hydrogen) atoms. The number of Topliss-reactive ketones (excluding diaryl/α,β-unsaturated/α-hetero) is 1. The molecule has 1 heterocycles. The smallest absolute Gasteiger partial charge is 0.342 e. The molecule has 8 heteroatoms. The molecular formula is C20H22F3N3O2. The van der Waals surface area contributed by atoms with Crippen molar-refractivity contribution in [3.8, 4) is 6.07 Å². The van der Waals surface area contributed by atoms with Crippen molar-refractivity contribution >= 4 is 11.7 Å². The molecule has 1 aliphatic rings. The number of halogens is 3. The summed E-state index contributed by atoms with van der Waals surface area (Å²) in [4.78, 5) is 29.6. The van der Waals surface area contributed by atoms with Crippen molar-refractivity contribution in [3.63, 3.8) is 0 Å². The third kappa shape index (κ3) is 4.58. The molecule has 0 aromatic carbocycles. The summed E-state index contributed by atoms with van der Waals surface area (Å²) in [6.45, 7) is 5.72. The van der Waals surface area contributed by atoms with Gasteiger partial charge in [0.15, 0.2) is 5.78 Å². The molecular weight excluding hydrogens is 371 g/mol. The zero-order valence-corrected chi connectivity index (χ0v) is 16.2. The van der Waals surface area contributed by atoms with E-state index in [1.165, 1.54) is 11.9 Å². The second-order valence-electron chi connectivity index (χ2n) is 8.15. The Balaban J connectivity index is 2.14. The molecule has 0 N–H and O–H groups in total. The van der Waals surface area contributed by atoms with Gasteiger partial charge in [0.25, 0.3) is 5.91 Å². The van der Waals surface area contributed by atoms with Crippen LogP contribution in [-0.2, 0) is 11.0 Å². The zero-order valence-electron chi connectivity index (χ0n) is 16.2. The van der Waals surface area contributed by atoms with Gasteiger partial charge in [-0.2, -0.15) is 18.4 Å². The van der Waals surface area contributed by atoms with Crippen LogP contribution in [0.2, 0.25) is 0 Å². The number of alkyl halides is 3. The molecule has 0 saturated carbocycles. The number of hydrogen-bond donors (Lipinski definition) is 0. The van der Waals surface area contributed by atoms with Gasteiger partial charge in [0.2, 0.25) is 0 Å². The molecule has 0 radical (unpaired) electrons. The minimum absolute atomic E-state index is 0.106. The number of ketones is 1. The van der Waals surface area contributed by atoms with Crippen molar-refractivity contribution in [3.05, 3.63) is 41.2 Å². The fraction of sp³-hybridized carbons (Fsp3) is 0.500. The number of hydrogen-bond acceptors (Lipinski definition) is 4. The summed E-state index contributed by atoms with van der Waals surface area (Å²) in [5, 5.41) is 9.23. The van der Waals surface area contributed by atoms with Gasteiger partial charge < -0.3 is 4.90 Å². The molecule has 1 aromatic rings. The van der Waals surface area contributed by atoms with E-state index in [1.54, 1.807) is 19.9 Å². The molecule has 5 nitrogen and oxygen atoms in total. The lowest BCUT2D eigenvalue weighted by Crippen LogP contribution is -2.39. The Kier molecular flexibility index (Phi) is 5.69. The Morgan fingerprint density at radius 3 is 2.54 bits per heavy atom. The van der Waals surface area contributed by atoms with Crippen LogP contribution in [0.1, 0.15) is 49.5 Å². The molecule has 2 rings (SSSR count). The lowest BCUT2D eigenvalue weighted by molar-refractivity contribution is -0.137. The van der Waals surface area contributed by atoms with Crippen molar-refractivity contribution in [2.45, 2.75) is 39.8 Å². The van der Waals surface area contributed by atoms with E-state index in [0.29, 0.717) is 19.0 Å². The lowest BCUT2D eigenvalue weighted by atomic mass is 9.64. The first kappa shape index (κ1) is 21.6. The normalized spacial score (nSPS) is 21.6. The third-order valence-corrected chi connectivity index (χ3v) is 5.00. The van der Waals surface area contributed by atoms with Crippen molar-refractivity contribution < 1.29 is 22.8 Å². The first-order valence-electron chi connectivity index (χ1n) is 8.74. The number of aromatic nitrogens is 1. The van der Waals surface area contributed by atoms with Crippen LogP contribution in [0.25, 0.3) is 0 Å². The van der Waals surface area contributed by atoms with E-state index in [0.717, 1.165) is 12.3 Å². The predicted octanol–water partition coefficient (Wildman–Crippen LogP) is 4.02. The fourth-order valence-corrected chi connectivity index (χ4v) is 3.62. The van der Waals surface area contributed by atoms with Gasteiger partial charge in [-0.15, -0.1) is 0 Å². The Morgan fingerprint density at radius 1 is 1.32 bits per heavy atom. The summed E-state index contributed by atoms with van der Waals surface area (Å²) in [6, 6.07) is 2.72. The SMILES string of the molecule is CN(CC[C@]1(C)C=C(C#N)C(=O)C(C)(C)C1)C(=O)c1cncc(C(F)(F)F)c1. The van der Waals surface area contributed by atoms with Crippen LogP contribution in [0.5, 0.6) is 0 Å². The predicted molar refractivity (Wildman–Crippen MR) is 96.0 cm³/mol. The number of rotatable bonds is 4. The summed E-state index contributed by atoms with van der Waals surface area (Å²) in [5.41, 5.74) is -2.19. The standard InChI is InChI=1S/C20H22F3N3O2/c1-18(2)12-19(3,8-14(9-24)16(18)27)5-6-26(4)17(28)13-7-15(11-25-10-13)20(21,22)23/h7-8,10-11H,5-6,12H2,1-4H3/t19-/m1/s1. The molecule has 0 aliphatic heterocycles. The Hall–Kier alpha value is -2.69. The topological polar surface area (TPSA) is 74.1 Å². The van der Waals surface area contributed by atoms with Crippen LogP contribution in [0, 0.1) is 22.2 Å². The van der Waals surface area contributed by atoms with Crippen molar-refractivity contribution in [2.24, 2.45) is 10.8 Å². The number of nitriles is 1. The van der Waals surface area contributed by atoms with Crippen LogP contribution >= 0.6 is 0 Å². The summed E-state index contributed by atoms with van der Waals surface area (Å²) >= 11 is 0. The summed E-state index contributed by atoms with van der Waals surface area (Å²) in [7, 11) is 1.50. The average Bonchev–Trinajstić information content (AvgIpc) is 2.61. The second-order valence-corrected chi connectivity index (χ2v) is 8.15. The molecule has 0 spiro atoms. The second kappa shape index (κ2) is 7.38. The first-order chi connectivity index (χ1) is 12.8. The third-order valence-electron chi connectivity index (χ3n) is 5.00. The number of carbonyl (C=O) groups is 2. The molecule has 1 aliphatic carbocycles. The van der Waals surface area contributed by atoms with Crippen LogP contribution in [-0.4, -0.2) is 35.2 Å². The Bertz CT molecular complexity index is 868. The Morgan fingerprint density at radius 2 is 1.96 bits per heavy atom. The quantitative estimate of drug-likeness (QED) is 0.774. The lowest BCUT2D eigenvalue weighted by Gasteiger charge is -2.39. The van der Waals surface area contributed by atoms with E-state index < -0.39 is 28.5 Å². The summed E-state index contributed by atoms with van der Waals surface area (Å²) < 4.78 is 38.5. The highest BCUT2D eigenvalue weighted by molar-refractivity contribution is 6.03. The highest BCUT2D eigenvalue weighted by Gasteiger charge is 2.42. The number of amides is 1. The van der Waals surface area contributed by atoms with Crippen molar-refractivity contribution in [1.29, 1.82) is 5.26 Å². The number of pyridine rings is 1. The van der Waals surface area contributed by atoms with Crippen LogP contribution < -0.4 is 0 Å². The molecule has 1 aromatic heterocycles. The van der Waals surface area contributed by atoms with Gasteiger partial charge in [-0.25, -0.2) is 0 Å². The molecule has 1 atom stereocenters. The van der Waals surface area contributed by atoms with E-state index in [9.17, 15) is 28.0 Å².